The third kappa shape index (κ3) is 5.25. The van der Waals surface area contributed by atoms with E-state index in [0.717, 1.165) is 28.1 Å². The number of halogens is 1. The molecule has 0 radical (unpaired) electrons. The van der Waals surface area contributed by atoms with Gasteiger partial charge in [0.25, 0.3) is 0 Å². The minimum absolute atomic E-state index is 0.379. The Morgan fingerprint density at radius 1 is 0.951 bits per heavy atom. The Hall–Kier alpha value is -5.43. The van der Waals surface area contributed by atoms with E-state index in [1.165, 1.54) is 24.3 Å². The first kappa shape index (κ1) is 25.8. The molecule has 5 aromatic rings. The molecule has 3 heterocycles. The van der Waals surface area contributed by atoms with Crippen molar-refractivity contribution in [3.8, 4) is 11.8 Å². The maximum atomic E-state index is 13.2. The normalized spacial score (nSPS) is 13.2. The Morgan fingerprint density at radius 2 is 1.68 bits per heavy atom. The third-order valence-electron chi connectivity index (χ3n) is 7.06. The number of carbonyl (C=O) groups excluding carboxylic acids is 2. The fourth-order valence-corrected chi connectivity index (χ4v) is 4.52. The van der Waals surface area contributed by atoms with Crippen molar-refractivity contribution in [1.29, 1.82) is 0 Å². The third-order valence-corrected chi connectivity index (χ3v) is 7.06. The van der Waals surface area contributed by atoms with Gasteiger partial charge in [0, 0.05) is 36.4 Å². The van der Waals surface area contributed by atoms with Crippen LogP contribution in [0.2, 0.25) is 0 Å². The summed E-state index contributed by atoms with van der Waals surface area (Å²) < 4.78 is 16.8. The highest BCUT2D eigenvalue weighted by Gasteiger charge is 2.56. The minimum atomic E-state index is -1.15. The summed E-state index contributed by atoms with van der Waals surface area (Å²) in [6, 6.07) is 14.8. The molecular weight excluding hydrogens is 521 g/mol. The van der Waals surface area contributed by atoms with Gasteiger partial charge in [0.2, 0.25) is 11.8 Å². The highest BCUT2D eigenvalue weighted by atomic mass is 19.1. The van der Waals surface area contributed by atoms with E-state index in [4.69, 9.17) is 0 Å². The monoisotopic (exact) mass is 547 g/mol. The number of aromatic nitrogens is 4. The number of nitrogens with zero attached hydrogens (tertiary/aromatic N) is 4. The minimum Gasteiger partial charge on any atom is -0.350 e. The van der Waals surface area contributed by atoms with Crippen molar-refractivity contribution in [1.82, 2.24) is 19.2 Å². The first-order valence-electron chi connectivity index (χ1n) is 13.0. The summed E-state index contributed by atoms with van der Waals surface area (Å²) in [6.07, 6.45) is 8.12. The van der Waals surface area contributed by atoms with Gasteiger partial charge in [0.1, 0.15) is 16.9 Å². The molecule has 3 aromatic heterocycles. The predicted octanol–water partition coefficient (Wildman–Crippen LogP) is 5.02. The maximum absolute atomic E-state index is 13.2. The number of nitrogens with one attached hydrogen (secondary N) is 3. The van der Waals surface area contributed by atoms with Crippen LogP contribution in [0.5, 0.6) is 0 Å². The van der Waals surface area contributed by atoms with Crippen LogP contribution in [0.15, 0.2) is 79.4 Å². The van der Waals surface area contributed by atoms with Crippen molar-refractivity contribution in [2.24, 2.45) is 12.5 Å². The van der Waals surface area contributed by atoms with E-state index in [9.17, 15) is 14.0 Å². The summed E-state index contributed by atoms with van der Waals surface area (Å²) in [4.78, 5) is 30.6. The van der Waals surface area contributed by atoms with E-state index < -0.39 is 17.1 Å². The Balaban J connectivity index is 1.19. The standard InChI is InChI=1S/C31H26FN7O2/c1-20-5-9-24(37-30(41)31(13-14-31)29(40)36-23-10-7-22(32)8-11-23)16-21(20)6-12-26-18-33-28-27(4-3-15-39(26)28)35-25-17-34-38(2)19-25/h3-5,7-11,15-19,35H,13-14H2,1-2H3,(H,36,40)(H,37,41). The molecule has 10 heteroatoms. The summed E-state index contributed by atoms with van der Waals surface area (Å²) in [5.74, 6) is 5.22. The smallest absolute Gasteiger partial charge is 0.240 e. The van der Waals surface area contributed by atoms with Crippen LogP contribution in [-0.4, -0.2) is 31.0 Å². The highest BCUT2D eigenvalue weighted by molar-refractivity contribution is 6.16. The number of pyridine rings is 1. The van der Waals surface area contributed by atoms with Crippen LogP contribution in [0, 0.1) is 30.0 Å². The van der Waals surface area contributed by atoms with Crippen LogP contribution in [0.1, 0.15) is 29.7 Å². The number of imidazole rings is 1. The van der Waals surface area contributed by atoms with E-state index in [1.807, 2.05) is 49.0 Å². The number of rotatable bonds is 6. The van der Waals surface area contributed by atoms with Crippen LogP contribution in [0.4, 0.5) is 27.1 Å². The molecule has 0 spiro atoms. The lowest BCUT2D eigenvalue weighted by atomic mass is 10.0. The van der Waals surface area contributed by atoms with Crippen molar-refractivity contribution in [3.63, 3.8) is 0 Å². The Morgan fingerprint density at radius 3 is 2.39 bits per heavy atom. The second-order valence-corrected chi connectivity index (χ2v) is 10.1. The van der Waals surface area contributed by atoms with Crippen molar-refractivity contribution in [3.05, 3.63) is 102 Å². The average molecular weight is 548 g/mol. The van der Waals surface area contributed by atoms with Gasteiger partial charge < -0.3 is 16.0 Å². The first-order valence-corrected chi connectivity index (χ1v) is 13.0. The second-order valence-electron chi connectivity index (χ2n) is 10.1. The van der Waals surface area contributed by atoms with Crippen LogP contribution in [0.25, 0.3) is 5.65 Å². The number of fused-ring (bicyclic) bond motifs is 1. The van der Waals surface area contributed by atoms with Gasteiger partial charge in [0.15, 0.2) is 5.65 Å². The van der Waals surface area contributed by atoms with E-state index in [0.29, 0.717) is 29.9 Å². The zero-order valence-electron chi connectivity index (χ0n) is 22.4. The molecule has 1 aliphatic rings. The molecule has 41 heavy (non-hydrogen) atoms. The summed E-state index contributed by atoms with van der Waals surface area (Å²) in [7, 11) is 1.86. The largest absolute Gasteiger partial charge is 0.350 e. The fraction of sp³-hybridized carbons (Fsp3) is 0.161. The van der Waals surface area contributed by atoms with E-state index >= 15 is 0 Å². The first-order chi connectivity index (χ1) is 19.8. The predicted molar refractivity (Wildman–Crippen MR) is 154 cm³/mol. The fourth-order valence-electron chi connectivity index (χ4n) is 4.52. The van der Waals surface area contributed by atoms with Crippen LogP contribution in [0.3, 0.4) is 0 Å². The number of benzene rings is 2. The van der Waals surface area contributed by atoms with Crippen LogP contribution >= 0.6 is 0 Å². The van der Waals surface area contributed by atoms with Crippen molar-refractivity contribution >= 4 is 40.2 Å². The number of aryl methyl sites for hydroxylation is 2. The Bertz CT molecular complexity index is 1860. The molecule has 2 amide bonds. The lowest BCUT2D eigenvalue weighted by molar-refractivity contribution is -0.131. The molecule has 2 aromatic carbocycles. The topological polar surface area (TPSA) is 105 Å². The van der Waals surface area contributed by atoms with Gasteiger partial charge in [-0.3, -0.25) is 18.7 Å². The van der Waals surface area contributed by atoms with E-state index in [-0.39, 0.29) is 5.91 Å². The van der Waals surface area contributed by atoms with Gasteiger partial charge in [-0.25, -0.2) is 9.37 Å². The SMILES string of the molecule is Cc1ccc(NC(=O)C2(C(=O)Nc3ccc(F)cc3)CC2)cc1C#Cc1cnc2c(Nc3cnn(C)c3)cccn12. The Labute approximate surface area is 235 Å². The van der Waals surface area contributed by atoms with Crippen molar-refractivity contribution in [2.75, 3.05) is 16.0 Å². The second kappa shape index (κ2) is 10.3. The number of amides is 2. The van der Waals surface area contributed by atoms with Gasteiger partial charge in [-0.1, -0.05) is 12.0 Å². The van der Waals surface area contributed by atoms with Gasteiger partial charge >= 0.3 is 0 Å². The molecule has 0 atom stereocenters. The lowest BCUT2D eigenvalue weighted by Gasteiger charge is -2.16. The van der Waals surface area contributed by atoms with Crippen LogP contribution < -0.4 is 16.0 Å². The summed E-state index contributed by atoms with van der Waals surface area (Å²) >= 11 is 0. The molecule has 1 fully saturated rings. The zero-order chi connectivity index (χ0) is 28.6. The molecule has 0 aliphatic heterocycles. The van der Waals surface area contributed by atoms with Gasteiger partial charge in [0.05, 0.1) is 23.8 Å². The van der Waals surface area contributed by atoms with Gasteiger partial charge in [-0.2, -0.15) is 5.10 Å². The molecular formula is C31H26FN7O2. The summed E-state index contributed by atoms with van der Waals surface area (Å²) in [6.45, 7) is 1.94. The number of hydrogen-bond donors (Lipinski definition) is 3. The van der Waals surface area contributed by atoms with E-state index in [1.54, 1.807) is 29.2 Å². The molecule has 1 saturated carbocycles. The quantitative estimate of drug-likeness (QED) is 0.205. The molecule has 0 saturated heterocycles. The molecule has 9 nitrogen and oxygen atoms in total. The molecule has 204 valence electrons. The average Bonchev–Trinajstić information content (AvgIpc) is 3.53. The van der Waals surface area contributed by atoms with Gasteiger partial charge in [-0.15, -0.1) is 0 Å². The maximum Gasteiger partial charge on any atom is 0.240 e. The van der Waals surface area contributed by atoms with Crippen molar-refractivity contribution < 1.29 is 14.0 Å². The highest BCUT2D eigenvalue weighted by Crippen LogP contribution is 2.47. The molecule has 0 unspecified atom stereocenters. The molecule has 6 rings (SSSR count). The van der Waals surface area contributed by atoms with Crippen molar-refractivity contribution in [2.45, 2.75) is 19.8 Å². The van der Waals surface area contributed by atoms with Gasteiger partial charge in [-0.05, 0) is 79.8 Å². The molecule has 3 N–H and O–H groups in total. The molecule has 1 aliphatic carbocycles. The Kier molecular flexibility index (Phi) is 6.47. The zero-order valence-corrected chi connectivity index (χ0v) is 22.4. The number of hydrogen-bond acceptors (Lipinski definition) is 5. The van der Waals surface area contributed by atoms with Crippen LogP contribution in [-0.2, 0) is 16.6 Å². The van der Waals surface area contributed by atoms with E-state index in [2.05, 4.69) is 37.9 Å². The molecule has 0 bridgehead atoms. The summed E-state index contributed by atoms with van der Waals surface area (Å²) in [5, 5.41) is 13.1. The number of carbonyl (C=O) groups is 2. The summed E-state index contributed by atoms with van der Waals surface area (Å²) in [5.41, 5.74) is 4.64. The lowest BCUT2D eigenvalue weighted by Crippen LogP contribution is -2.35. The number of anilines is 4.